The molecule has 1 saturated heterocycles. The third kappa shape index (κ3) is 5.76. The second kappa shape index (κ2) is 10.2. The number of amides is 1. The number of nitrogen functional groups attached to an aromatic ring is 1. The van der Waals surface area contributed by atoms with Crippen molar-refractivity contribution in [3.63, 3.8) is 0 Å². The van der Waals surface area contributed by atoms with Crippen molar-refractivity contribution in [1.29, 1.82) is 5.41 Å². The first-order valence-electron chi connectivity index (χ1n) is 10.0. The molecule has 1 saturated carbocycles. The molecule has 1 unspecified atom stereocenters. The predicted octanol–water partition coefficient (Wildman–Crippen LogP) is 2.14. The summed E-state index contributed by atoms with van der Waals surface area (Å²) in [4.78, 5) is 24.6. The minimum atomic E-state index is 0.0455. The first-order chi connectivity index (χ1) is 13.5. The number of carbonyl (C=O) groups is 1. The fraction of sp³-hybridized carbons (Fsp3) is 0.600. The van der Waals surface area contributed by atoms with Crippen LogP contribution < -0.4 is 11.1 Å². The molecule has 1 aliphatic heterocycles. The molecule has 0 radical (unpaired) electrons. The van der Waals surface area contributed by atoms with E-state index in [1.54, 1.807) is 13.0 Å². The van der Waals surface area contributed by atoms with Gasteiger partial charge in [0.25, 0.3) is 0 Å². The van der Waals surface area contributed by atoms with Gasteiger partial charge < -0.3 is 21.4 Å². The van der Waals surface area contributed by atoms with Gasteiger partial charge >= 0.3 is 0 Å². The summed E-state index contributed by atoms with van der Waals surface area (Å²) < 4.78 is 0. The Bertz CT molecular complexity index is 715. The van der Waals surface area contributed by atoms with Crippen molar-refractivity contribution >= 4 is 23.3 Å². The SMILES string of the molecule is CC.CC(=N)c1c(N)ncnc1NC1CCN(C(=O)/C=C/CN(C)C2CC2)C1. The summed E-state index contributed by atoms with van der Waals surface area (Å²) >= 11 is 0. The Morgan fingerprint density at radius 2 is 2.11 bits per heavy atom. The van der Waals surface area contributed by atoms with Gasteiger partial charge in [0, 0.05) is 43.5 Å². The van der Waals surface area contributed by atoms with E-state index in [9.17, 15) is 4.79 Å². The molecular weight excluding hydrogens is 354 g/mol. The number of anilines is 2. The Balaban J connectivity index is 0.00000136. The van der Waals surface area contributed by atoms with Gasteiger partial charge in [-0.05, 0) is 33.2 Å². The maximum absolute atomic E-state index is 12.4. The first-order valence-corrected chi connectivity index (χ1v) is 10.0. The van der Waals surface area contributed by atoms with Crippen molar-refractivity contribution in [2.24, 2.45) is 0 Å². The van der Waals surface area contributed by atoms with Crippen LogP contribution in [0.3, 0.4) is 0 Å². The van der Waals surface area contributed by atoms with Gasteiger partial charge in [-0.2, -0.15) is 0 Å². The Kier molecular flexibility index (Phi) is 7.92. The fourth-order valence-electron chi connectivity index (χ4n) is 3.24. The molecule has 28 heavy (non-hydrogen) atoms. The number of nitrogens with zero attached hydrogens (tertiary/aromatic N) is 4. The number of likely N-dealkylation sites (tertiary alicyclic amines) is 1. The Morgan fingerprint density at radius 3 is 2.75 bits per heavy atom. The molecule has 8 heteroatoms. The van der Waals surface area contributed by atoms with Crippen LogP contribution >= 0.6 is 0 Å². The van der Waals surface area contributed by atoms with Gasteiger partial charge in [0.2, 0.25) is 5.91 Å². The molecular formula is C20H33N7O. The van der Waals surface area contributed by atoms with Crippen LogP contribution in [0.1, 0.15) is 45.6 Å². The number of aromatic nitrogens is 2. The van der Waals surface area contributed by atoms with Gasteiger partial charge in [0.15, 0.2) is 0 Å². The lowest BCUT2D eigenvalue weighted by atomic mass is 10.1. The maximum Gasteiger partial charge on any atom is 0.246 e. The molecule has 1 aromatic heterocycles. The normalized spacial score (nSPS) is 18.9. The van der Waals surface area contributed by atoms with Crippen molar-refractivity contribution in [2.75, 3.05) is 37.7 Å². The molecule has 2 fully saturated rings. The topological polar surface area (TPSA) is 111 Å². The zero-order valence-corrected chi connectivity index (χ0v) is 17.4. The molecule has 1 aliphatic carbocycles. The quantitative estimate of drug-likeness (QED) is 0.488. The van der Waals surface area contributed by atoms with Gasteiger partial charge in [-0.3, -0.25) is 9.69 Å². The lowest BCUT2D eigenvalue weighted by Gasteiger charge is -2.18. The molecule has 8 nitrogen and oxygen atoms in total. The molecule has 1 atom stereocenters. The lowest BCUT2D eigenvalue weighted by Crippen LogP contribution is -2.31. The number of rotatable bonds is 7. The summed E-state index contributed by atoms with van der Waals surface area (Å²) in [7, 11) is 2.10. The number of likely N-dealkylation sites (N-methyl/N-ethyl adjacent to an activating group) is 1. The molecule has 0 aromatic carbocycles. The van der Waals surface area contributed by atoms with E-state index >= 15 is 0 Å². The average molecular weight is 388 g/mol. The summed E-state index contributed by atoms with van der Waals surface area (Å²) in [5.41, 5.74) is 6.71. The van der Waals surface area contributed by atoms with Gasteiger partial charge in [-0.1, -0.05) is 19.9 Å². The standard InChI is InChI=1S/C18H27N7O.C2H6/c1-12(19)16-17(20)21-11-22-18(16)23-13-7-9-25(10-13)15(26)4-3-8-24(2)14-5-6-14;1-2/h3-4,11,13-14,19H,5-10H2,1-2H3,(H3,20,21,22,23);1-2H3/b4-3+,19-12?;. The minimum absolute atomic E-state index is 0.0455. The van der Waals surface area contributed by atoms with Crippen LogP contribution in [0.15, 0.2) is 18.5 Å². The van der Waals surface area contributed by atoms with Crippen LogP contribution in [0, 0.1) is 5.41 Å². The molecule has 1 amide bonds. The molecule has 3 rings (SSSR count). The third-order valence-electron chi connectivity index (χ3n) is 4.92. The molecule has 2 heterocycles. The van der Waals surface area contributed by atoms with Crippen molar-refractivity contribution in [1.82, 2.24) is 19.8 Å². The number of hydrogen-bond donors (Lipinski definition) is 3. The summed E-state index contributed by atoms with van der Waals surface area (Å²) in [6.45, 7) is 7.79. The van der Waals surface area contributed by atoms with Gasteiger partial charge in [-0.25, -0.2) is 9.97 Å². The van der Waals surface area contributed by atoms with Crippen LogP contribution in [0.5, 0.6) is 0 Å². The Hall–Kier alpha value is -2.48. The molecule has 154 valence electrons. The van der Waals surface area contributed by atoms with Gasteiger partial charge in [0.05, 0.1) is 5.56 Å². The highest BCUT2D eigenvalue weighted by molar-refractivity contribution is 6.04. The monoisotopic (exact) mass is 387 g/mol. The summed E-state index contributed by atoms with van der Waals surface area (Å²) in [5.74, 6) is 0.902. The van der Waals surface area contributed by atoms with E-state index in [0.717, 1.165) is 13.0 Å². The van der Waals surface area contributed by atoms with Crippen molar-refractivity contribution in [2.45, 2.75) is 52.1 Å². The van der Waals surface area contributed by atoms with Crippen LogP contribution in [-0.2, 0) is 4.79 Å². The highest BCUT2D eigenvalue weighted by atomic mass is 16.2. The number of nitrogens with one attached hydrogen (secondary N) is 2. The fourth-order valence-corrected chi connectivity index (χ4v) is 3.24. The summed E-state index contributed by atoms with van der Waals surface area (Å²) in [6, 6.07) is 0.788. The van der Waals surface area contributed by atoms with Crippen LogP contribution in [0.2, 0.25) is 0 Å². The summed E-state index contributed by atoms with van der Waals surface area (Å²) in [5, 5.41) is 11.2. The van der Waals surface area contributed by atoms with E-state index in [-0.39, 0.29) is 11.9 Å². The van der Waals surface area contributed by atoms with E-state index < -0.39 is 0 Å². The average Bonchev–Trinajstić information content (AvgIpc) is 3.42. The van der Waals surface area contributed by atoms with Crippen molar-refractivity contribution < 1.29 is 4.79 Å². The zero-order valence-electron chi connectivity index (χ0n) is 17.4. The highest BCUT2D eigenvalue weighted by Gasteiger charge is 2.27. The smallest absolute Gasteiger partial charge is 0.246 e. The molecule has 1 aromatic rings. The van der Waals surface area contributed by atoms with Gasteiger partial charge in [0.1, 0.15) is 18.0 Å². The van der Waals surface area contributed by atoms with Crippen LogP contribution in [0.4, 0.5) is 11.6 Å². The molecule has 2 aliphatic rings. The van der Waals surface area contributed by atoms with Crippen LogP contribution in [0.25, 0.3) is 0 Å². The summed E-state index contributed by atoms with van der Waals surface area (Å²) in [6.07, 6.45) is 8.38. The minimum Gasteiger partial charge on any atom is -0.383 e. The lowest BCUT2D eigenvalue weighted by molar-refractivity contribution is -0.125. The number of nitrogens with two attached hydrogens (primary N) is 1. The van der Waals surface area contributed by atoms with E-state index in [4.69, 9.17) is 11.1 Å². The van der Waals surface area contributed by atoms with E-state index in [1.165, 1.54) is 19.2 Å². The number of carbonyl (C=O) groups excluding carboxylic acids is 1. The largest absolute Gasteiger partial charge is 0.383 e. The molecule has 0 spiro atoms. The molecule has 0 bridgehead atoms. The Labute approximate surface area is 167 Å². The predicted molar refractivity (Wildman–Crippen MR) is 114 cm³/mol. The second-order valence-electron chi connectivity index (χ2n) is 7.09. The number of hydrogen-bond acceptors (Lipinski definition) is 7. The highest BCUT2D eigenvalue weighted by Crippen LogP contribution is 2.25. The third-order valence-corrected chi connectivity index (χ3v) is 4.92. The van der Waals surface area contributed by atoms with Crippen molar-refractivity contribution in [3.05, 3.63) is 24.0 Å². The zero-order chi connectivity index (χ0) is 20.7. The van der Waals surface area contributed by atoms with Gasteiger partial charge in [-0.15, -0.1) is 0 Å². The van der Waals surface area contributed by atoms with E-state index in [1.807, 2.05) is 24.8 Å². The van der Waals surface area contributed by atoms with E-state index in [2.05, 4.69) is 27.2 Å². The van der Waals surface area contributed by atoms with Crippen molar-refractivity contribution in [3.8, 4) is 0 Å². The molecule has 4 N–H and O–H groups in total. The van der Waals surface area contributed by atoms with E-state index in [0.29, 0.717) is 42.0 Å². The van der Waals surface area contributed by atoms with Crippen LogP contribution in [-0.4, -0.2) is 70.2 Å². The second-order valence-corrected chi connectivity index (χ2v) is 7.09. The first kappa shape index (κ1) is 21.8. The Morgan fingerprint density at radius 1 is 1.39 bits per heavy atom. The maximum atomic E-state index is 12.4.